The van der Waals surface area contributed by atoms with Crippen molar-refractivity contribution in [2.45, 2.75) is 18.9 Å². The van der Waals surface area contributed by atoms with Crippen LogP contribution in [-0.2, 0) is 4.74 Å². The third-order valence-corrected chi connectivity index (χ3v) is 3.92. The highest BCUT2D eigenvalue weighted by Crippen LogP contribution is 2.33. The molecule has 3 rings (SSSR count). The van der Waals surface area contributed by atoms with Crippen LogP contribution in [0.4, 0.5) is 10.5 Å². The summed E-state index contributed by atoms with van der Waals surface area (Å²) in [6.45, 7) is 2.49. The number of hydrogen-bond donors (Lipinski definition) is 2. The summed E-state index contributed by atoms with van der Waals surface area (Å²) in [5.74, 6) is 0.534. The number of ether oxygens (including phenoxy) is 1. The van der Waals surface area contributed by atoms with Crippen LogP contribution in [0.5, 0.6) is 5.75 Å². The van der Waals surface area contributed by atoms with Gasteiger partial charge >= 0.3 is 6.09 Å². The predicted molar refractivity (Wildman–Crippen MR) is 71.3 cm³/mol. The van der Waals surface area contributed by atoms with E-state index in [1.165, 1.54) is 4.90 Å². The SMILES string of the molecule is O=C1OC(C2CCNCC2)CN1c1ccccc1O. The van der Waals surface area contributed by atoms with Crippen molar-refractivity contribution in [1.29, 1.82) is 0 Å². The van der Waals surface area contributed by atoms with E-state index >= 15 is 0 Å². The fraction of sp³-hybridized carbons (Fsp3) is 0.500. The molecule has 1 amide bonds. The topological polar surface area (TPSA) is 61.8 Å². The first-order valence-corrected chi connectivity index (χ1v) is 6.72. The lowest BCUT2D eigenvalue weighted by molar-refractivity contribution is 0.0919. The lowest BCUT2D eigenvalue weighted by atomic mass is 9.92. The maximum Gasteiger partial charge on any atom is 0.414 e. The molecular weight excluding hydrogens is 244 g/mol. The molecule has 19 heavy (non-hydrogen) atoms. The van der Waals surface area contributed by atoms with Gasteiger partial charge in [-0.3, -0.25) is 4.90 Å². The van der Waals surface area contributed by atoms with Crippen LogP contribution in [0.2, 0.25) is 0 Å². The number of carbonyl (C=O) groups is 1. The molecule has 102 valence electrons. The number of nitrogens with zero attached hydrogens (tertiary/aromatic N) is 1. The van der Waals surface area contributed by atoms with Crippen LogP contribution < -0.4 is 10.2 Å². The van der Waals surface area contributed by atoms with E-state index in [0.29, 0.717) is 18.2 Å². The lowest BCUT2D eigenvalue weighted by Crippen LogP contribution is -2.36. The van der Waals surface area contributed by atoms with Gasteiger partial charge in [0.1, 0.15) is 11.9 Å². The molecule has 0 bridgehead atoms. The van der Waals surface area contributed by atoms with Crippen LogP contribution in [0.15, 0.2) is 24.3 Å². The number of benzene rings is 1. The molecule has 0 radical (unpaired) electrons. The quantitative estimate of drug-likeness (QED) is 0.852. The van der Waals surface area contributed by atoms with Gasteiger partial charge in [-0.1, -0.05) is 12.1 Å². The Morgan fingerprint density at radius 1 is 1.26 bits per heavy atom. The Balaban J connectivity index is 1.75. The molecule has 0 spiro atoms. The Hall–Kier alpha value is -1.75. The molecule has 2 aliphatic heterocycles. The first-order valence-electron chi connectivity index (χ1n) is 6.72. The highest BCUT2D eigenvalue weighted by molar-refractivity contribution is 5.91. The minimum absolute atomic E-state index is 0.0609. The Morgan fingerprint density at radius 3 is 2.74 bits per heavy atom. The molecule has 1 atom stereocenters. The van der Waals surface area contributed by atoms with Crippen LogP contribution >= 0.6 is 0 Å². The molecule has 1 aromatic rings. The van der Waals surface area contributed by atoms with Crippen molar-refractivity contribution in [3.8, 4) is 5.75 Å². The zero-order chi connectivity index (χ0) is 13.2. The van der Waals surface area contributed by atoms with E-state index in [0.717, 1.165) is 25.9 Å². The zero-order valence-corrected chi connectivity index (χ0v) is 10.7. The summed E-state index contributed by atoms with van der Waals surface area (Å²) in [6.07, 6.45) is 1.65. The zero-order valence-electron chi connectivity index (χ0n) is 10.7. The smallest absolute Gasteiger partial charge is 0.414 e. The second-order valence-electron chi connectivity index (χ2n) is 5.11. The third-order valence-electron chi connectivity index (χ3n) is 3.92. The van der Waals surface area contributed by atoms with Gasteiger partial charge in [0, 0.05) is 5.92 Å². The van der Waals surface area contributed by atoms with Crippen molar-refractivity contribution in [1.82, 2.24) is 5.32 Å². The highest BCUT2D eigenvalue weighted by Gasteiger charge is 2.38. The van der Waals surface area contributed by atoms with Gasteiger partial charge < -0.3 is 15.2 Å². The van der Waals surface area contributed by atoms with Gasteiger partial charge in [0.2, 0.25) is 0 Å². The maximum atomic E-state index is 12.0. The van der Waals surface area contributed by atoms with E-state index in [2.05, 4.69) is 5.32 Å². The van der Waals surface area contributed by atoms with Crippen LogP contribution in [0.1, 0.15) is 12.8 Å². The van der Waals surface area contributed by atoms with Gasteiger partial charge in [-0.25, -0.2) is 4.79 Å². The largest absolute Gasteiger partial charge is 0.506 e. The van der Waals surface area contributed by atoms with E-state index in [9.17, 15) is 9.90 Å². The molecule has 1 unspecified atom stereocenters. The number of rotatable bonds is 2. The predicted octanol–water partition coefficient (Wildman–Crippen LogP) is 1.72. The molecule has 0 aromatic heterocycles. The van der Waals surface area contributed by atoms with Crippen molar-refractivity contribution in [2.75, 3.05) is 24.5 Å². The summed E-state index contributed by atoms with van der Waals surface area (Å²) in [5.41, 5.74) is 0.531. The van der Waals surface area contributed by atoms with Gasteiger partial charge in [-0.05, 0) is 38.1 Å². The normalized spacial score (nSPS) is 24.5. The van der Waals surface area contributed by atoms with E-state index < -0.39 is 0 Å². The average Bonchev–Trinajstić information content (AvgIpc) is 2.82. The number of phenols is 1. The highest BCUT2D eigenvalue weighted by atomic mass is 16.6. The van der Waals surface area contributed by atoms with Gasteiger partial charge in [0.25, 0.3) is 0 Å². The Morgan fingerprint density at radius 2 is 2.00 bits per heavy atom. The molecule has 1 aromatic carbocycles. The fourth-order valence-corrected chi connectivity index (χ4v) is 2.84. The Bertz CT molecular complexity index is 472. The van der Waals surface area contributed by atoms with Crippen LogP contribution in [0.3, 0.4) is 0 Å². The monoisotopic (exact) mass is 262 g/mol. The molecule has 0 aliphatic carbocycles. The van der Waals surface area contributed by atoms with E-state index in [1.54, 1.807) is 24.3 Å². The number of phenolic OH excluding ortho intramolecular Hbond substituents is 1. The van der Waals surface area contributed by atoms with Crippen molar-refractivity contribution in [3.05, 3.63) is 24.3 Å². The molecule has 2 aliphatic rings. The number of cyclic esters (lactones) is 1. The summed E-state index contributed by atoms with van der Waals surface area (Å²) in [6, 6.07) is 6.87. The first-order chi connectivity index (χ1) is 9.25. The third kappa shape index (κ3) is 2.38. The Kier molecular flexibility index (Phi) is 3.29. The number of anilines is 1. The number of carbonyl (C=O) groups excluding carboxylic acids is 1. The van der Waals surface area contributed by atoms with Gasteiger partial charge in [0.05, 0.1) is 12.2 Å². The number of amides is 1. The number of para-hydroxylation sites is 2. The molecule has 5 heteroatoms. The second kappa shape index (κ2) is 5.09. The van der Waals surface area contributed by atoms with Crippen LogP contribution in [0.25, 0.3) is 0 Å². The van der Waals surface area contributed by atoms with E-state index in [-0.39, 0.29) is 17.9 Å². The van der Waals surface area contributed by atoms with Crippen molar-refractivity contribution >= 4 is 11.8 Å². The average molecular weight is 262 g/mol. The number of nitrogens with one attached hydrogen (secondary N) is 1. The molecule has 2 saturated heterocycles. The van der Waals surface area contributed by atoms with Crippen molar-refractivity contribution in [3.63, 3.8) is 0 Å². The van der Waals surface area contributed by atoms with Gasteiger partial charge in [-0.15, -0.1) is 0 Å². The van der Waals surface area contributed by atoms with Crippen molar-refractivity contribution < 1.29 is 14.6 Å². The number of piperidine rings is 1. The minimum atomic E-state index is -0.356. The number of hydrogen-bond acceptors (Lipinski definition) is 4. The van der Waals surface area contributed by atoms with Crippen LogP contribution in [-0.4, -0.2) is 36.9 Å². The van der Waals surface area contributed by atoms with Crippen LogP contribution in [0, 0.1) is 5.92 Å². The van der Waals surface area contributed by atoms with Gasteiger partial charge in [-0.2, -0.15) is 0 Å². The summed E-state index contributed by atoms with van der Waals surface area (Å²) in [7, 11) is 0. The molecular formula is C14H18N2O3. The minimum Gasteiger partial charge on any atom is -0.506 e. The fourth-order valence-electron chi connectivity index (χ4n) is 2.84. The number of aromatic hydroxyl groups is 1. The van der Waals surface area contributed by atoms with E-state index in [4.69, 9.17) is 4.74 Å². The van der Waals surface area contributed by atoms with Crippen molar-refractivity contribution in [2.24, 2.45) is 5.92 Å². The summed E-state index contributed by atoms with van der Waals surface area (Å²) in [5, 5.41) is 13.1. The summed E-state index contributed by atoms with van der Waals surface area (Å²) in [4.78, 5) is 13.5. The second-order valence-corrected chi connectivity index (χ2v) is 5.11. The molecule has 2 heterocycles. The summed E-state index contributed by atoms with van der Waals surface area (Å²) < 4.78 is 5.47. The van der Waals surface area contributed by atoms with Gasteiger partial charge in [0.15, 0.2) is 0 Å². The summed E-state index contributed by atoms with van der Waals surface area (Å²) >= 11 is 0. The molecule has 2 fully saturated rings. The molecule has 5 nitrogen and oxygen atoms in total. The first kappa shape index (κ1) is 12.3. The molecule has 2 N–H and O–H groups in total. The molecule has 0 saturated carbocycles. The standard InChI is InChI=1S/C14H18N2O3/c17-12-4-2-1-3-11(12)16-9-13(19-14(16)18)10-5-7-15-8-6-10/h1-4,10,13,15,17H,5-9H2. The van der Waals surface area contributed by atoms with E-state index in [1.807, 2.05) is 0 Å². The Labute approximate surface area is 112 Å². The maximum absolute atomic E-state index is 12.0. The lowest BCUT2D eigenvalue weighted by Gasteiger charge is -2.26.